The molecule has 3 atom stereocenters. The molecule has 0 saturated heterocycles. The first-order chi connectivity index (χ1) is 22.9. The number of pyridine rings is 1. The second-order valence-electron chi connectivity index (χ2n) is 12.0. The first-order valence-corrected chi connectivity index (χ1v) is 15.9. The highest BCUT2D eigenvalue weighted by Gasteiger charge is 2.29. The van der Waals surface area contributed by atoms with Gasteiger partial charge in [0.05, 0.1) is 19.7 Å². The number of fused-ring (bicyclic) bond motifs is 1. The van der Waals surface area contributed by atoms with E-state index in [1.807, 2.05) is 44.2 Å². The number of ether oxygens (including phenoxy) is 1. The van der Waals surface area contributed by atoms with Gasteiger partial charge in [0.25, 0.3) is 5.91 Å². The van der Waals surface area contributed by atoms with Crippen molar-refractivity contribution in [2.75, 3.05) is 26.7 Å². The number of methoxy groups -OCH3 is 1. The van der Waals surface area contributed by atoms with E-state index < -0.39 is 41.8 Å². The van der Waals surface area contributed by atoms with Gasteiger partial charge in [0.1, 0.15) is 35.9 Å². The molecule has 2 aromatic heterocycles. The molecule has 15 heteroatoms. The summed E-state index contributed by atoms with van der Waals surface area (Å²) in [6.45, 7) is 6.81. The van der Waals surface area contributed by atoms with Gasteiger partial charge in [0.15, 0.2) is 5.82 Å². The van der Waals surface area contributed by atoms with Crippen molar-refractivity contribution in [3.8, 4) is 17.1 Å². The largest absolute Gasteiger partial charge is 0.497 e. The van der Waals surface area contributed by atoms with E-state index in [1.165, 1.54) is 35.9 Å². The standard InChI is InChI=1S/C33H43N9O6/c1-20(2)16-25-32(46)37-21(3)30-39-29(23-10-7-6-8-11-23)40-42(30)19-27(43)35-13-9-15-41(18-28(44)36-22(4)31(45)38-25)33(47)26-17-24(48-5)12-14-34-26/h6-8,10-12,14,17,20-22,25H,9,13,15-16,18-19H2,1-5H3,(H,35,43)(H,36,44)(H,37,46)(H,38,45)/t21-,22+,25+/m0/s1. The smallest absolute Gasteiger partial charge is 0.273 e. The molecule has 5 amide bonds. The number of carbonyl (C=O) groups excluding carboxylic acids is 5. The lowest BCUT2D eigenvalue weighted by atomic mass is 10.0. The minimum absolute atomic E-state index is 0.0460. The lowest BCUT2D eigenvalue weighted by Gasteiger charge is -2.25. The number of amides is 5. The summed E-state index contributed by atoms with van der Waals surface area (Å²) >= 11 is 0. The van der Waals surface area contributed by atoms with Gasteiger partial charge in [0.2, 0.25) is 23.6 Å². The predicted molar refractivity (Wildman–Crippen MR) is 175 cm³/mol. The Labute approximate surface area is 279 Å². The van der Waals surface area contributed by atoms with Crippen LogP contribution in [0.2, 0.25) is 0 Å². The first kappa shape index (κ1) is 35.5. The van der Waals surface area contributed by atoms with E-state index in [0.29, 0.717) is 30.2 Å². The van der Waals surface area contributed by atoms with E-state index in [4.69, 9.17) is 4.74 Å². The van der Waals surface area contributed by atoms with Gasteiger partial charge in [-0.2, -0.15) is 5.10 Å². The molecule has 3 aromatic rings. The van der Waals surface area contributed by atoms with Gasteiger partial charge in [-0.1, -0.05) is 44.2 Å². The van der Waals surface area contributed by atoms with Gasteiger partial charge in [-0.3, -0.25) is 29.0 Å². The lowest BCUT2D eigenvalue weighted by molar-refractivity contribution is -0.132. The van der Waals surface area contributed by atoms with E-state index in [2.05, 4.69) is 36.3 Å². The van der Waals surface area contributed by atoms with Crippen LogP contribution in [0.4, 0.5) is 0 Å². The van der Waals surface area contributed by atoms with Gasteiger partial charge in [-0.05, 0) is 38.7 Å². The fourth-order valence-electron chi connectivity index (χ4n) is 5.16. The van der Waals surface area contributed by atoms with E-state index >= 15 is 0 Å². The van der Waals surface area contributed by atoms with E-state index in [9.17, 15) is 24.0 Å². The van der Waals surface area contributed by atoms with Gasteiger partial charge >= 0.3 is 0 Å². The van der Waals surface area contributed by atoms with Crippen LogP contribution in [0, 0.1) is 5.92 Å². The van der Waals surface area contributed by atoms with Crippen LogP contribution in [0.3, 0.4) is 0 Å². The van der Waals surface area contributed by atoms with Crippen LogP contribution in [0.15, 0.2) is 48.7 Å². The highest BCUT2D eigenvalue weighted by molar-refractivity contribution is 5.96. The molecule has 15 nitrogen and oxygen atoms in total. The maximum absolute atomic E-state index is 13.6. The average molecular weight is 662 g/mol. The Morgan fingerprint density at radius 2 is 1.71 bits per heavy atom. The highest BCUT2D eigenvalue weighted by atomic mass is 16.5. The van der Waals surface area contributed by atoms with Crippen molar-refractivity contribution in [3.05, 3.63) is 60.2 Å². The van der Waals surface area contributed by atoms with E-state index in [-0.39, 0.29) is 43.7 Å². The number of nitrogens with zero attached hydrogens (tertiary/aromatic N) is 5. The molecule has 0 saturated carbocycles. The number of rotatable bonds is 5. The molecule has 0 bridgehead atoms. The zero-order chi connectivity index (χ0) is 34.8. The number of aromatic nitrogens is 4. The molecule has 0 spiro atoms. The van der Waals surface area contributed by atoms with Crippen molar-refractivity contribution in [3.63, 3.8) is 0 Å². The van der Waals surface area contributed by atoms with Crippen molar-refractivity contribution in [2.24, 2.45) is 5.92 Å². The Morgan fingerprint density at radius 1 is 0.958 bits per heavy atom. The summed E-state index contributed by atoms with van der Waals surface area (Å²) in [5.74, 6) is -1.28. The van der Waals surface area contributed by atoms with Crippen molar-refractivity contribution in [2.45, 2.75) is 65.2 Å². The van der Waals surface area contributed by atoms with Gasteiger partial charge in [0, 0.05) is 30.9 Å². The van der Waals surface area contributed by atoms with Crippen LogP contribution < -0.4 is 26.0 Å². The molecule has 4 N–H and O–H groups in total. The zero-order valence-corrected chi connectivity index (χ0v) is 27.9. The van der Waals surface area contributed by atoms with Crippen molar-refractivity contribution in [1.29, 1.82) is 0 Å². The van der Waals surface area contributed by atoms with Crippen LogP contribution in [-0.4, -0.2) is 93.0 Å². The molecule has 0 unspecified atom stereocenters. The van der Waals surface area contributed by atoms with Crippen molar-refractivity contribution < 1.29 is 28.7 Å². The molecule has 0 radical (unpaired) electrons. The lowest BCUT2D eigenvalue weighted by Crippen LogP contribution is -2.54. The van der Waals surface area contributed by atoms with Crippen LogP contribution >= 0.6 is 0 Å². The van der Waals surface area contributed by atoms with E-state index in [0.717, 1.165) is 5.56 Å². The van der Waals surface area contributed by atoms with E-state index in [1.54, 1.807) is 13.0 Å². The van der Waals surface area contributed by atoms with Crippen LogP contribution in [-0.2, 0) is 25.7 Å². The molecule has 1 aromatic carbocycles. The topological polar surface area (TPSA) is 190 Å². The van der Waals surface area contributed by atoms with Gasteiger partial charge in [-0.25, -0.2) is 9.67 Å². The normalized spacial score (nSPS) is 20.3. The Morgan fingerprint density at radius 3 is 2.42 bits per heavy atom. The number of hydrogen-bond donors (Lipinski definition) is 4. The molecule has 48 heavy (non-hydrogen) atoms. The number of nitrogens with one attached hydrogen (secondary N) is 4. The second kappa shape index (κ2) is 16.5. The molecular formula is C33H43N9O6. The molecule has 1 aliphatic heterocycles. The fraction of sp³-hybridized carbons (Fsp3) is 0.455. The third-order valence-electron chi connectivity index (χ3n) is 7.62. The Balaban J connectivity index is 1.63. The molecule has 0 fully saturated rings. The third kappa shape index (κ3) is 9.59. The van der Waals surface area contributed by atoms with Gasteiger partial charge in [-0.15, -0.1) is 0 Å². The SMILES string of the molecule is COc1ccnc(C(=O)N2CCCNC(=O)Cn3nc(-c4ccccc4)nc3[C@H](C)NC(=O)[C@@H](CC(C)C)NC(=O)[C@@H](C)NC(=O)C2)c1. The summed E-state index contributed by atoms with van der Waals surface area (Å²) in [5.41, 5.74) is 0.808. The third-order valence-corrected chi connectivity index (χ3v) is 7.62. The monoisotopic (exact) mass is 661 g/mol. The average Bonchev–Trinajstić information content (AvgIpc) is 3.48. The van der Waals surface area contributed by atoms with Crippen molar-refractivity contribution in [1.82, 2.24) is 45.9 Å². The summed E-state index contributed by atoms with van der Waals surface area (Å²) in [6, 6.07) is 9.71. The minimum Gasteiger partial charge on any atom is -0.497 e. The molecule has 1 aliphatic rings. The Hall–Kier alpha value is -5.34. The summed E-state index contributed by atoms with van der Waals surface area (Å²) in [6.07, 6.45) is 2.06. The van der Waals surface area contributed by atoms with Crippen LogP contribution in [0.25, 0.3) is 11.4 Å². The summed E-state index contributed by atoms with van der Waals surface area (Å²) in [5, 5.41) is 15.7. The summed E-state index contributed by atoms with van der Waals surface area (Å²) in [4.78, 5) is 76.5. The fourth-order valence-corrected chi connectivity index (χ4v) is 5.16. The predicted octanol–water partition coefficient (Wildman–Crippen LogP) is 1.22. The summed E-state index contributed by atoms with van der Waals surface area (Å²) < 4.78 is 6.66. The number of hydrogen-bond acceptors (Lipinski definition) is 9. The summed E-state index contributed by atoms with van der Waals surface area (Å²) in [7, 11) is 1.46. The molecule has 256 valence electrons. The van der Waals surface area contributed by atoms with Gasteiger partial charge < -0.3 is 30.9 Å². The first-order valence-electron chi connectivity index (χ1n) is 15.9. The number of benzene rings is 1. The molecular weight excluding hydrogens is 618 g/mol. The Bertz CT molecular complexity index is 1610. The van der Waals surface area contributed by atoms with Crippen LogP contribution in [0.1, 0.15) is 62.9 Å². The van der Waals surface area contributed by atoms with Crippen molar-refractivity contribution >= 4 is 29.5 Å². The molecule has 0 aliphatic carbocycles. The molecule has 3 heterocycles. The number of carbonyl (C=O) groups is 5. The zero-order valence-electron chi connectivity index (χ0n) is 27.9. The Kier molecular flexibility index (Phi) is 12.2. The quantitative estimate of drug-likeness (QED) is 0.312. The molecule has 4 rings (SSSR count). The second-order valence-corrected chi connectivity index (χ2v) is 12.0. The maximum atomic E-state index is 13.6. The highest BCUT2D eigenvalue weighted by Crippen LogP contribution is 2.20. The van der Waals surface area contributed by atoms with Crippen LogP contribution in [0.5, 0.6) is 5.75 Å². The maximum Gasteiger partial charge on any atom is 0.273 e. The minimum atomic E-state index is -1.01.